The Morgan fingerprint density at radius 3 is 2.33 bits per heavy atom. The number of aliphatic hydroxyl groups is 1. The third-order valence-corrected chi connectivity index (χ3v) is 2.56. The van der Waals surface area contributed by atoms with Crippen molar-refractivity contribution >= 4 is 0 Å². The zero-order valence-electron chi connectivity index (χ0n) is 11.0. The van der Waals surface area contributed by atoms with E-state index in [-0.39, 0.29) is 0 Å². The number of nitrogens with one attached hydrogen (secondary N) is 1. The molecule has 92 valence electrons. The molecule has 0 heterocycles. The van der Waals surface area contributed by atoms with Crippen LogP contribution in [0.25, 0.3) is 0 Å². The first-order valence-corrected chi connectivity index (χ1v) is 6.01. The Kier molecular flexibility index (Phi) is 7.14. The van der Waals surface area contributed by atoms with E-state index in [2.05, 4.69) is 19.2 Å². The molecule has 2 N–H and O–H groups in total. The minimum Gasteiger partial charge on any atom is -0.388 e. The maximum absolute atomic E-state index is 10.1. The quantitative estimate of drug-likeness (QED) is 0.645. The lowest BCUT2D eigenvalue weighted by molar-refractivity contribution is 0.0309. The van der Waals surface area contributed by atoms with Crippen molar-refractivity contribution in [2.75, 3.05) is 27.2 Å². The van der Waals surface area contributed by atoms with Crippen molar-refractivity contribution < 1.29 is 5.11 Å². The van der Waals surface area contributed by atoms with Gasteiger partial charge in [-0.1, -0.05) is 20.3 Å². The lowest BCUT2D eigenvalue weighted by Crippen LogP contribution is -2.48. The Bertz CT molecular complexity index is 158. The van der Waals surface area contributed by atoms with Crippen LogP contribution in [0.3, 0.4) is 0 Å². The van der Waals surface area contributed by atoms with E-state index in [1.54, 1.807) is 0 Å². The van der Waals surface area contributed by atoms with Crippen LogP contribution < -0.4 is 5.32 Å². The first-order valence-electron chi connectivity index (χ1n) is 6.01. The van der Waals surface area contributed by atoms with Gasteiger partial charge in [0.15, 0.2) is 0 Å². The second-order valence-corrected chi connectivity index (χ2v) is 5.01. The van der Waals surface area contributed by atoms with E-state index < -0.39 is 5.60 Å². The summed E-state index contributed by atoms with van der Waals surface area (Å²) in [5, 5.41) is 13.5. The Morgan fingerprint density at radius 2 is 1.93 bits per heavy atom. The Morgan fingerprint density at radius 1 is 1.33 bits per heavy atom. The van der Waals surface area contributed by atoms with Crippen LogP contribution >= 0.6 is 0 Å². The van der Waals surface area contributed by atoms with Crippen LogP contribution in [0, 0.1) is 0 Å². The van der Waals surface area contributed by atoms with E-state index in [0.29, 0.717) is 19.1 Å². The van der Waals surface area contributed by atoms with Gasteiger partial charge in [-0.05, 0) is 33.9 Å². The van der Waals surface area contributed by atoms with Gasteiger partial charge in [-0.3, -0.25) is 0 Å². The molecule has 0 radical (unpaired) electrons. The summed E-state index contributed by atoms with van der Waals surface area (Å²) >= 11 is 0. The van der Waals surface area contributed by atoms with E-state index in [9.17, 15) is 5.11 Å². The average Bonchev–Trinajstić information content (AvgIpc) is 2.10. The first-order chi connectivity index (χ1) is 6.91. The van der Waals surface area contributed by atoms with Crippen molar-refractivity contribution in [3.8, 4) is 0 Å². The summed E-state index contributed by atoms with van der Waals surface area (Å²) in [6.45, 7) is 7.64. The van der Waals surface area contributed by atoms with Gasteiger partial charge in [0, 0.05) is 19.1 Å². The normalized spacial score (nSPS) is 17.8. The molecule has 0 spiro atoms. The predicted octanol–water partition coefficient (Wildman–Crippen LogP) is 1.47. The predicted molar refractivity (Wildman–Crippen MR) is 66.2 cm³/mol. The zero-order chi connectivity index (χ0) is 11.9. The highest BCUT2D eigenvalue weighted by atomic mass is 16.3. The first kappa shape index (κ1) is 14.9. The second kappa shape index (κ2) is 7.20. The van der Waals surface area contributed by atoms with Gasteiger partial charge in [0.1, 0.15) is 0 Å². The molecule has 2 unspecified atom stereocenters. The smallest absolute Gasteiger partial charge is 0.0869 e. The van der Waals surface area contributed by atoms with Crippen LogP contribution in [-0.4, -0.2) is 48.8 Å². The topological polar surface area (TPSA) is 35.5 Å². The van der Waals surface area contributed by atoms with Gasteiger partial charge < -0.3 is 15.3 Å². The molecule has 3 heteroatoms. The molecule has 0 rings (SSSR count). The Labute approximate surface area is 94.9 Å². The minimum atomic E-state index is -0.634. The van der Waals surface area contributed by atoms with E-state index in [1.807, 2.05) is 25.9 Å². The molecular formula is C12H28N2O. The van der Waals surface area contributed by atoms with Crippen LogP contribution in [0.15, 0.2) is 0 Å². The molecule has 0 saturated carbocycles. The summed E-state index contributed by atoms with van der Waals surface area (Å²) in [4.78, 5) is 2.02. The number of rotatable bonds is 8. The standard InChI is InChI=1S/C12H28N2O/c1-6-8-11(7-2)13-9-12(3,15)10-14(4)5/h11,13,15H,6-10H2,1-5H3. The molecular weight excluding hydrogens is 188 g/mol. The van der Waals surface area contributed by atoms with Gasteiger partial charge in [-0.15, -0.1) is 0 Å². The van der Waals surface area contributed by atoms with Crippen LogP contribution in [0.2, 0.25) is 0 Å². The number of likely N-dealkylation sites (N-methyl/N-ethyl adjacent to an activating group) is 1. The number of hydrogen-bond acceptors (Lipinski definition) is 3. The Balaban J connectivity index is 3.89. The van der Waals surface area contributed by atoms with Crippen LogP contribution in [0.4, 0.5) is 0 Å². The van der Waals surface area contributed by atoms with Gasteiger partial charge in [0.2, 0.25) is 0 Å². The average molecular weight is 216 g/mol. The van der Waals surface area contributed by atoms with E-state index in [0.717, 1.165) is 6.42 Å². The van der Waals surface area contributed by atoms with Crippen LogP contribution in [0.1, 0.15) is 40.0 Å². The summed E-state index contributed by atoms with van der Waals surface area (Å²) in [5.41, 5.74) is -0.634. The molecule has 0 aromatic heterocycles. The van der Waals surface area contributed by atoms with E-state index in [1.165, 1.54) is 12.8 Å². The molecule has 0 aliphatic heterocycles. The third kappa shape index (κ3) is 7.77. The summed E-state index contributed by atoms with van der Waals surface area (Å²) in [6.07, 6.45) is 3.52. The van der Waals surface area contributed by atoms with Crippen molar-refractivity contribution in [3.05, 3.63) is 0 Å². The molecule has 0 saturated heterocycles. The summed E-state index contributed by atoms with van der Waals surface area (Å²) in [7, 11) is 3.97. The van der Waals surface area contributed by atoms with Crippen LogP contribution in [0.5, 0.6) is 0 Å². The molecule has 0 bridgehead atoms. The third-order valence-electron chi connectivity index (χ3n) is 2.56. The SMILES string of the molecule is CCCC(CC)NCC(C)(O)CN(C)C. The van der Waals surface area contributed by atoms with Crippen molar-refractivity contribution in [1.82, 2.24) is 10.2 Å². The van der Waals surface area contributed by atoms with Crippen molar-refractivity contribution in [2.45, 2.75) is 51.7 Å². The fourth-order valence-corrected chi connectivity index (χ4v) is 1.90. The minimum absolute atomic E-state index is 0.545. The van der Waals surface area contributed by atoms with Crippen LogP contribution in [-0.2, 0) is 0 Å². The molecule has 0 fully saturated rings. The highest BCUT2D eigenvalue weighted by Gasteiger charge is 2.21. The lowest BCUT2D eigenvalue weighted by Gasteiger charge is -2.29. The highest BCUT2D eigenvalue weighted by molar-refractivity contribution is 4.80. The molecule has 0 aliphatic carbocycles. The van der Waals surface area contributed by atoms with Crippen molar-refractivity contribution in [2.24, 2.45) is 0 Å². The van der Waals surface area contributed by atoms with Gasteiger partial charge >= 0.3 is 0 Å². The molecule has 0 aromatic carbocycles. The van der Waals surface area contributed by atoms with Crippen molar-refractivity contribution in [3.63, 3.8) is 0 Å². The van der Waals surface area contributed by atoms with E-state index >= 15 is 0 Å². The van der Waals surface area contributed by atoms with Gasteiger partial charge in [0.25, 0.3) is 0 Å². The number of hydrogen-bond donors (Lipinski definition) is 2. The molecule has 0 aliphatic rings. The molecule has 2 atom stereocenters. The molecule has 3 nitrogen and oxygen atoms in total. The summed E-state index contributed by atoms with van der Waals surface area (Å²) < 4.78 is 0. The van der Waals surface area contributed by atoms with Gasteiger partial charge in [-0.25, -0.2) is 0 Å². The zero-order valence-corrected chi connectivity index (χ0v) is 11.0. The fraction of sp³-hybridized carbons (Fsp3) is 1.00. The maximum Gasteiger partial charge on any atom is 0.0869 e. The van der Waals surface area contributed by atoms with E-state index in [4.69, 9.17) is 0 Å². The summed E-state index contributed by atoms with van der Waals surface area (Å²) in [6, 6.07) is 0.545. The molecule has 0 aromatic rings. The van der Waals surface area contributed by atoms with Gasteiger partial charge in [-0.2, -0.15) is 0 Å². The van der Waals surface area contributed by atoms with Crippen molar-refractivity contribution in [1.29, 1.82) is 0 Å². The monoisotopic (exact) mass is 216 g/mol. The highest BCUT2D eigenvalue weighted by Crippen LogP contribution is 2.06. The largest absolute Gasteiger partial charge is 0.388 e. The summed E-state index contributed by atoms with van der Waals surface area (Å²) in [5.74, 6) is 0. The maximum atomic E-state index is 10.1. The number of nitrogens with zero attached hydrogens (tertiary/aromatic N) is 1. The molecule has 0 amide bonds. The Hall–Kier alpha value is -0.120. The second-order valence-electron chi connectivity index (χ2n) is 5.01. The van der Waals surface area contributed by atoms with Gasteiger partial charge in [0.05, 0.1) is 5.60 Å². The fourth-order valence-electron chi connectivity index (χ4n) is 1.90. The molecule has 15 heavy (non-hydrogen) atoms. The lowest BCUT2D eigenvalue weighted by atomic mass is 10.0.